The van der Waals surface area contributed by atoms with Crippen LogP contribution < -0.4 is 5.43 Å². The Labute approximate surface area is 118 Å². The summed E-state index contributed by atoms with van der Waals surface area (Å²) in [7, 11) is 0. The highest BCUT2D eigenvalue weighted by atomic mass is 16.4. The van der Waals surface area contributed by atoms with Gasteiger partial charge in [0.1, 0.15) is 5.58 Å². The van der Waals surface area contributed by atoms with Gasteiger partial charge in [0.05, 0.1) is 11.1 Å². The summed E-state index contributed by atoms with van der Waals surface area (Å²) < 4.78 is 5.61. The van der Waals surface area contributed by atoms with Crippen LogP contribution in [0, 0.1) is 0 Å². The Morgan fingerprint density at radius 3 is 2.57 bits per heavy atom. The lowest BCUT2D eigenvalue weighted by Crippen LogP contribution is -2.02. The van der Waals surface area contributed by atoms with Gasteiger partial charge >= 0.3 is 0 Å². The minimum absolute atomic E-state index is 0.0625. The molecule has 2 aromatic carbocycles. The lowest BCUT2D eigenvalue weighted by atomic mass is 10.1. The lowest BCUT2D eigenvalue weighted by Gasteiger charge is -2.06. The van der Waals surface area contributed by atoms with Crippen LogP contribution in [-0.4, -0.2) is 5.11 Å². The number of aromatic hydroxyl groups is 1. The monoisotopic (exact) mass is 279 g/mol. The Balaban J connectivity index is 2.40. The SMILES string of the molecule is [N-]=[N+]=Nc1cccc2oc(-c3ccccc3)c(O)c(=O)c12. The van der Waals surface area contributed by atoms with Gasteiger partial charge in [-0.1, -0.05) is 47.6 Å². The molecular formula is C15H9N3O3. The highest BCUT2D eigenvalue weighted by Gasteiger charge is 2.16. The molecule has 0 spiro atoms. The molecule has 6 nitrogen and oxygen atoms in total. The van der Waals surface area contributed by atoms with Crippen LogP contribution in [0.3, 0.4) is 0 Å². The fraction of sp³-hybridized carbons (Fsp3) is 0. The normalized spacial score (nSPS) is 10.3. The molecule has 0 aliphatic rings. The van der Waals surface area contributed by atoms with Crippen LogP contribution in [0.25, 0.3) is 32.7 Å². The zero-order valence-corrected chi connectivity index (χ0v) is 10.7. The number of benzene rings is 2. The Kier molecular flexibility index (Phi) is 3.06. The molecule has 0 aliphatic heterocycles. The molecule has 3 rings (SSSR count). The first kappa shape index (κ1) is 12.8. The Hall–Kier alpha value is -3.24. The van der Waals surface area contributed by atoms with Gasteiger partial charge in [0.25, 0.3) is 0 Å². The summed E-state index contributed by atoms with van der Waals surface area (Å²) >= 11 is 0. The second-order valence-electron chi connectivity index (χ2n) is 4.31. The fourth-order valence-corrected chi connectivity index (χ4v) is 2.13. The molecule has 0 amide bonds. The van der Waals surface area contributed by atoms with Gasteiger partial charge in [0.2, 0.25) is 11.2 Å². The second-order valence-corrected chi connectivity index (χ2v) is 4.31. The zero-order chi connectivity index (χ0) is 14.8. The molecule has 0 unspecified atom stereocenters. The van der Waals surface area contributed by atoms with E-state index < -0.39 is 11.2 Å². The Morgan fingerprint density at radius 1 is 1.10 bits per heavy atom. The van der Waals surface area contributed by atoms with Crippen molar-refractivity contribution in [2.24, 2.45) is 5.11 Å². The van der Waals surface area contributed by atoms with E-state index in [1.165, 1.54) is 6.07 Å². The number of hydrogen-bond donors (Lipinski definition) is 1. The summed E-state index contributed by atoms with van der Waals surface area (Å²) in [6, 6.07) is 13.5. The predicted octanol–water partition coefficient (Wildman–Crippen LogP) is 4.11. The third-order valence-electron chi connectivity index (χ3n) is 3.06. The average molecular weight is 279 g/mol. The van der Waals surface area contributed by atoms with E-state index in [0.29, 0.717) is 5.56 Å². The second kappa shape index (κ2) is 5.03. The molecular weight excluding hydrogens is 270 g/mol. The fourth-order valence-electron chi connectivity index (χ4n) is 2.13. The number of hydrogen-bond acceptors (Lipinski definition) is 4. The summed E-state index contributed by atoms with van der Waals surface area (Å²) in [5.41, 5.74) is 8.87. The maximum Gasteiger partial charge on any atom is 0.235 e. The van der Waals surface area contributed by atoms with Crippen molar-refractivity contribution in [3.8, 4) is 17.1 Å². The first-order valence-electron chi connectivity index (χ1n) is 6.11. The van der Waals surface area contributed by atoms with Crippen LogP contribution in [-0.2, 0) is 0 Å². The van der Waals surface area contributed by atoms with Crippen LogP contribution in [0.5, 0.6) is 5.75 Å². The van der Waals surface area contributed by atoms with Gasteiger partial charge in [0, 0.05) is 10.5 Å². The maximum atomic E-state index is 12.3. The van der Waals surface area contributed by atoms with Crippen LogP contribution in [0.2, 0.25) is 0 Å². The van der Waals surface area contributed by atoms with Crippen LogP contribution >= 0.6 is 0 Å². The van der Waals surface area contributed by atoms with Crippen molar-refractivity contribution in [1.29, 1.82) is 0 Å². The highest BCUT2D eigenvalue weighted by Crippen LogP contribution is 2.32. The van der Waals surface area contributed by atoms with Gasteiger partial charge in [-0.15, -0.1) is 0 Å². The van der Waals surface area contributed by atoms with Crippen molar-refractivity contribution in [2.45, 2.75) is 0 Å². The third-order valence-corrected chi connectivity index (χ3v) is 3.06. The molecule has 0 radical (unpaired) electrons. The van der Waals surface area contributed by atoms with Crippen molar-refractivity contribution in [3.63, 3.8) is 0 Å². The van der Waals surface area contributed by atoms with Gasteiger partial charge in [-0.05, 0) is 11.6 Å². The van der Waals surface area contributed by atoms with Crippen LogP contribution in [0.15, 0.2) is 62.9 Å². The van der Waals surface area contributed by atoms with E-state index in [0.717, 1.165) is 0 Å². The van der Waals surface area contributed by atoms with Gasteiger partial charge in [-0.3, -0.25) is 4.79 Å². The smallest absolute Gasteiger partial charge is 0.235 e. The highest BCUT2D eigenvalue weighted by molar-refractivity contribution is 5.91. The minimum Gasteiger partial charge on any atom is -0.502 e. The van der Waals surface area contributed by atoms with E-state index in [2.05, 4.69) is 10.0 Å². The van der Waals surface area contributed by atoms with Crippen molar-refractivity contribution in [3.05, 3.63) is 69.2 Å². The zero-order valence-electron chi connectivity index (χ0n) is 10.7. The topological polar surface area (TPSA) is 99.2 Å². The number of nitrogens with zero attached hydrogens (tertiary/aromatic N) is 3. The van der Waals surface area contributed by atoms with E-state index in [1.807, 2.05) is 6.07 Å². The summed E-state index contributed by atoms with van der Waals surface area (Å²) in [6.45, 7) is 0. The molecule has 6 heteroatoms. The average Bonchev–Trinajstić information content (AvgIpc) is 2.52. The molecule has 1 aromatic heterocycles. The van der Waals surface area contributed by atoms with Gasteiger partial charge in [-0.25, -0.2) is 0 Å². The van der Waals surface area contributed by atoms with Crippen molar-refractivity contribution < 1.29 is 9.52 Å². The van der Waals surface area contributed by atoms with Crippen molar-refractivity contribution in [2.75, 3.05) is 0 Å². The molecule has 3 aromatic rings. The largest absolute Gasteiger partial charge is 0.502 e. The van der Waals surface area contributed by atoms with Gasteiger partial charge < -0.3 is 9.52 Å². The summed E-state index contributed by atoms with van der Waals surface area (Å²) in [5, 5.41) is 13.6. The van der Waals surface area contributed by atoms with Gasteiger partial charge in [0.15, 0.2) is 5.76 Å². The molecule has 0 atom stereocenters. The molecule has 0 saturated carbocycles. The summed E-state index contributed by atoms with van der Waals surface area (Å²) in [6.07, 6.45) is 0. The van der Waals surface area contributed by atoms with Crippen LogP contribution in [0.4, 0.5) is 5.69 Å². The van der Waals surface area contributed by atoms with E-state index in [1.54, 1.807) is 36.4 Å². The Bertz CT molecular complexity index is 926. The molecule has 102 valence electrons. The predicted molar refractivity (Wildman–Crippen MR) is 78.4 cm³/mol. The maximum absolute atomic E-state index is 12.3. The molecule has 0 saturated heterocycles. The molecule has 1 N–H and O–H groups in total. The minimum atomic E-state index is -0.627. The molecule has 0 fully saturated rings. The summed E-state index contributed by atoms with van der Waals surface area (Å²) in [4.78, 5) is 15.0. The number of azide groups is 1. The van der Waals surface area contributed by atoms with E-state index >= 15 is 0 Å². The first-order valence-corrected chi connectivity index (χ1v) is 6.11. The number of rotatable bonds is 2. The van der Waals surface area contributed by atoms with Crippen molar-refractivity contribution >= 4 is 16.7 Å². The molecule has 0 aliphatic carbocycles. The molecule has 21 heavy (non-hydrogen) atoms. The first-order chi connectivity index (χ1) is 10.2. The van der Waals surface area contributed by atoms with Crippen molar-refractivity contribution in [1.82, 2.24) is 0 Å². The van der Waals surface area contributed by atoms with E-state index in [9.17, 15) is 9.90 Å². The quantitative estimate of drug-likeness (QED) is 0.434. The van der Waals surface area contributed by atoms with Crippen LogP contribution in [0.1, 0.15) is 0 Å². The lowest BCUT2D eigenvalue weighted by molar-refractivity contribution is 0.449. The standard InChI is InChI=1S/C15H9N3O3/c16-18-17-10-7-4-8-11-12(10)13(19)14(20)15(21-11)9-5-2-1-3-6-9/h1-8,20H. The van der Waals surface area contributed by atoms with E-state index in [4.69, 9.17) is 9.95 Å². The number of fused-ring (bicyclic) bond motifs is 1. The van der Waals surface area contributed by atoms with Gasteiger partial charge in [-0.2, -0.15) is 0 Å². The molecule has 1 heterocycles. The summed E-state index contributed by atoms with van der Waals surface area (Å²) in [5.74, 6) is -0.416. The Morgan fingerprint density at radius 2 is 1.86 bits per heavy atom. The van der Waals surface area contributed by atoms with E-state index in [-0.39, 0.29) is 22.4 Å². The third kappa shape index (κ3) is 2.09. The molecule has 0 bridgehead atoms.